The Kier molecular flexibility index (Phi) is 7.36. The first-order chi connectivity index (χ1) is 10.7. The van der Waals surface area contributed by atoms with E-state index in [1.807, 2.05) is 39.8 Å². The molecule has 1 aromatic rings. The first-order valence-corrected chi connectivity index (χ1v) is 8.09. The van der Waals surface area contributed by atoms with Crippen molar-refractivity contribution in [2.75, 3.05) is 13.7 Å². The molecule has 1 aromatic carbocycles. The first kappa shape index (κ1) is 19.3. The van der Waals surface area contributed by atoms with E-state index < -0.39 is 5.60 Å². The second-order valence-corrected chi connectivity index (χ2v) is 6.67. The molecular formula is C18H30N2O3. The topological polar surface area (TPSA) is 59.6 Å². The van der Waals surface area contributed by atoms with E-state index in [1.165, 1.54) is 5.56 Å². The number of benzene rings is 1. The lowest BCUT2D eigenvalue weighted by atomic mass is 10.1. The van der Waals surface area contributed by atoms with Gasteiger partial charge in [0.15, 0.2) is 0 Å². The van der Waals surface area contributed by atoms with Crippen molar-refractivity contribution in [1.82, 2.24) is 10.6 Å². The Labute approximate surface area is 139 Å². The largest absolute Gasteiger partial charge is 0.496 e. The Morgan fingerprint density at radius 2 is 2.00 bits per heavy atom. The van der Waals surface area contributed by atoms with E-state index in [9.17, 15) is 4.79 Å². The van der Waals surface area contributed by atoms with Crippen LogP contribution < -0.4 is 15.4 Å². The molecule has 1 atom stereocenters. The fourth-order valence-electron chi connectivity index (χ4n) is 2.19. The van der Waals surface area contributed by atoms with Crippen LogP contribution in [0.2, 0.25) is 0 Å². The molecule has 0 saturated carbocycles. The van der Waals surface area contributed by atoms with Crippen molar-refractivity contribution in [1.29, 1.82) is 0 Å². The van der Waals surface area contributed by atoms with E-state index in [4.69, 9.17) is 9.47 Å². The van der Waals surface area contributed by atoms with Gasteiger partial charge in [-0.3, -0.25) is 0 Å². The zero-order chi connectivity index (χ0) is 17.5. The highest BCUT2D eigenvalue weighted by Gasteiger charge is 2.16. The molecule has 23 heavy (non-hydrogen) atoms. The average Bonchev–Trinajstić information content (AvgIpc) is 2.45. The number of carbonyl (C=O) groups is 1. The molecule has 5 nitrogen and oxygen atoms in total. The SMILES string of the molecule is CCC(CNC(=O)OC(C)(C)C)NCc1ccc(OC)c(C)c1. The van der Waals surface area contributed by atoms with Crippen molar-refractivity contribution in [2.45, 2.75) is 59.2 Å². The summed E-state index contributed by atoms with van der Waals surface area (Å²) in [7, 11) is 1.68. The molecule has 130 valence electrons. The quantitative estimate of drug-likeness (QED) is 0.808. The van der Waals surface area contributed by atoms with E-state index in [0.717, 1.165) is 24.3 Å². The predicted molar refractivity (Wildman–Crippen MR) is 92.9 cm³/mol. The maximum Gasteiger partial charge on any atom is 0.407 e. The minimum atomic E-state index is -0.472. The molecule has 0 aromatic heterocycles. The summed E-state index contributed by atoms with van der Waals surface area (Å²) in [6, 6.07) is 6.34. The van der Waals surface area contributed by atoms with Gasteiger partial charge in [0.25, 0.3) is 0 Å². The van der Waals surface area contributed by atoms with Gasteiger partial charge in [-0.15, -0.1) is 0 Å². The molecule has 0 fully saturated rings. The minimum Gasteiger partial charge on any atom is -0.496 e. The van der Waals surface area contributed by atoms with Gasteiger partial charge in [0.2, 0.25) is 0 Å². The van der Waals surface area contributed by atoms with Crippen LogP contribution in [-0.4, -0.2) is 31.4 Å². The highest BCUT2D eigenvalue weighted by Crippen LogP contribution is 2.18. The van der Waals surface area contributed by atoms with Crippen LogP contribution in [-0.2, 0) is 11.3 Å². The van der Waals surface area contributed by atoms with Crippen molar-refractivity contribution < 1.29 is 14.3 Å². The summed E-state index contributed by atoms with van der Waals surface area (Å²) in [4.78, 5) is 11.7. The second kappa shape index (κ2) is 8.77. The first-order valence-electron chi connectivity index (χ1n) is 8.09. The molecule has 1 unspecified atom stereocenters. The molecule has 5 heteroatoms. The number of hydrogen-bond donors (Lipinski definition) is 2. The van der Waals surface area contributed by atoms with Crippen LogP contribution in [0.3, 0.4) is 0 Å². The van der Waals surface area contributed by atoms with E-state index in [-0.39, 0.29) is 12.1 Å². The van der Waals surface area contributed by atoms with Crippen LogP contribution in [0.5, 0.6) is 5.75 Å². The van der Waals surface area contributed by atoms with Gasteiger partial charge in [0.05, 0.1) is 7.11 Å². The number of methoxy groups -OCH3 is 1. The number of aryl methyl sites for hydroxylation is 1. The van der Waals surface area contributed by atoms with Gasteiger partial charge in [-0.2, -0.15) is 0 Å². The summed E-state index contributed by atoms with van der Waals surface area (Å²) < 4.78 is 10.5. The van der Waals surface area contributed by atoms with Crippen LogP contribution >= 0.6 is 0 Å². The van der Waals surface area contributed by atoms with Crippen molar-refractivity contribution in [3.63, 3.8) is 0 Å². The van der Waals surface area contributed by atoms with Gasteiger partial charge in [-0.1, -0.05) is 19.1 Å². The number of hydrogen-bond acceptors (Lipinski definition) is 4. The highest BCUT2D eigenvalue weighted by atomic mass is 16.6. The van der Waals surface area contributed by atoms with Crippen LogP contribution in [0.25, 0.3) is 0 Å². The number of amides is 1. The molecule has 0 spiro atoms. The Hall–Kier alpha value is -1.75. The maximum absolute atomic E-state index is 11.7. The minimum absolute atomic E-state index is 0.199. The van der Waals surface area contributed by atoms with E-state index in [0.29, 0.717) is 6.54 Å². The molecule has 0 heterocycles. The Morgan fingerprint density at radius 3 is 2.52 bits per heavy atom. The molecule has 1 amide bonds. The Balaban J connectivity index is 2.45. The summed E-state index contributed by atoms with van der Waals surface area (Å²) in [6.45, 7) is 11.0. The lowest BCUT2D eigenvalue weighted by molar-refractivity contribution is 0.0522. The van der Waals surface area contributed by atoms with Crippen molar-refractivity contribution in [3.05, 3.63) is 29.3 Å². The summed E-state index contributed by atoms with van der Waals surface area (Å²) in [6.07, 6.45) is 0.545. The summed E-state index contributed by atoms with van der Waals surface area (Å²) in [5.41, 5.74) is 1.84. The summed E-state index contributed by atoms with van der Waals surface area (Å²) >= 11 is 0. The van der Waals surface area contributed by atoms with Crippen molar-refractivity contribution in [2.24, 2.45) is 0 Å². The lowest BCUT2D eigenvalue weighted by Gasteiger charge is -2.22. The van der Waals surface area contributed by atoms with Crippen LogP contribution in [0.4, 0.5) is 4.79 Å². The lowest BCUT2D eigenvalue weighted by Crippen LogP contribution is -2.42. The number of nitrogens with one attached hydrogen (secondary N) is 2. The predicted octanol–water partition coefficient (Wildman–Crippen LogP) is 3.40. The van der Waals surface area contributed by atoms with Gasteiger partial charge in [0, 0.05) is 19.1 Å². The molecule has 0 bridgehead atoms. The monoisotopic (exact) mass is 322 g/mol. The molecule has 0 saturated heterocycles. The molecule has 1 rings (SSSR count). The Morgan fingerprint density at radius 1 is 1.30 bits per heavy atom. The number of ether oxygens (including phenoxy) is 2. The number of alkyl carbamates (subject to hydrolysis) is 1. The van der Waals surface area contributed by atoms with Crippen molar-refractivity contribution in [3.8, 4) is 5.75 Å². The van der Waals surface area contributed by atoms with E-state index in [1.54, 1.807) is 7.11 Å². The number of rotatable bonds is 7. The molecule has 0 radical (unpaired) electrons. The third kappa shape index (κ3) is 7.37. The van der Waals surface area contributed by atoms with Crippen LogP contribution in [0, 0.1) is 6.92 Å². The molecule has 0 aliphatic heterocycles. The average molecular weight is 322 g/mol. The summed E-state index contributed by atoms with van der Waals surface area (Å²) in [5, 5.41) is 6.27. The van der Waals surface area contributed by atoms with Gasteiger partial charge >= 0.3 is 6.09 Å². The smallest absolute Gasteiger partial charge is 0.407 e. The van der Waals surface area contributed by atoms with Gasteiger partial charge in [0.1, 0.15) is 11.4 Å². The summed E-state index contributed by atoms with van der Waals surface area (Å²) in [5.74, 6) is 0.896. The highest BCUT2D eigenvalue weighted by molar-refractivity contribution is 5.67. The fourth-order valence-corrected chi connectivity index (χ4v) is 2.19. The maximum atomic E-state index is 11.7. The van der Waals surface area contributed by atoms with Crippen LogP contribution in [0.15, 0.2) is 18.2 Å². The van der Waals surface area contributed by atoms with E-state index >= 15 is 0 Å². The second-order valence-electron chi connectivity index (χ2n) is 6.67. The Bertz CT molecular complexity index is 509. The van der Waals surface area contributed by atoms with Gasteiger partial charge in [-0.25, -0.2) is 4.79 Å². The van der Waals surface area contributed by atoms with E-state index in [2.05, 4.69) is 23.6 Å². The zero-order valence-electron chi connectivity index (χ0n) is 15.2. The molecular weight excluding hydrogens is 292 g/mol. The molecule has 0 aliphatic carbocycles. The molecule has 0 aliphatic rings. The standard InChI is InChI=1S/C18H30N2O3/c1-7-15(12-20-17(21)23-18(3,4)5)19-11-14-8-9-16(22-6)13(2)10-14/h8-10,15,19H,7,11-12H2,1-6H3,(H,20,21). The third-order valence-corrected chi connectivity index (χ3v) is 3.44. The van der Waals surface area contributed by atoms with Crippen LogP contribution in [0.1, 0.15) is 45.2 Å². The third-order valence-electron chi connectivity index (χ3n) is 3.44. The molecule has 2 N–H and O–H groups in total. The normalized spacial score (nSPS) is 12.6. The fraction of sp³-hybridized carbons (Fsp3) is 0.611. The van der Waals surface area contributed by atoms with Gasteiger partial charge < -0.3 is 20.1 Å². The van der Waals surface area contributed by atoms with Crippen molar-refractivity contribution >= 4 is 6.09 Å². The number of carbonyl (C=O) groups excluding carboxylic acids is 1. The zero-order valence-corrected chi connectivity index (χ0v) is 15.2. The van der Waals surface area contributed by atoms with Gasteiger partial charge in [-0.05, 0) is 51.3 Å².